The fraction of sp³-hybridized carbons (Fsp3) is 0.367. The number of carbonyl (C=O) groups excluding carboxylic acids is 2. The Hall–Kier alpha value is -7.57. The molecule has 0 aliphatic rings. The van der Waals surface area contributed by atoms with Crippen LogP contribution in [0.4, 0.5) is 46.3 Å². The Morgan fingerprint density at radius 2 is 1.19 bits per heavy atom. The van der Waals surface area contributed by atoms with Crippen molar-refractivity contribution in [1.29, 1.82) is 0 Å². The summed E-state index contributed by atoms with van der Waals surface area (Å²) in [6.45, 7) is 20.1. The van der Waals surface area contributed by atoms with Crippen molar-refractivity contribution in [3.63, 3.8) is 0 Å². The van der Waals surface area contributed by atoms with Gasteiger partial charge in [-0.1, -0.05) is 55.4 Å². The first-order valence-corrected chi connectivity index (χ1v) is 26.8. The molecule has 0 saturated carbocycles. The topological polar surface area (TPSA) is 165 Å². The Balaban J connectivity index is 0.000000246. The summed E-state index contributed by atoms with van der Waals surface area (Å²) in [4.78, 5) is 45.9. The molecule has 7 aromatic rings. The highest BCUT2D eigenvalue weighted by atomic mass is 32.1. The highest BCUT2D eigenvalue weighted by molar-refractivity contribution is 7.78. The highest BCUT2D eigenvalue weighted by Gasteiger charge is 2.18. The minimum Gasteiger partial charge on any atom is -0.457 e. The van der Waals surface area contributed by atoms with E-state index in [2.05, 4.69) is 85.5 Å². The number of halogens is 4. The number of carbonyl (C=O) groups is 2. The molecule has 0 bridgehead atoms. The van der Waals surface area contributed by atoms with Crippen molar-refractivity contribution in [3.8, 4) is 23.0 Å². The first-order valence-electron chi connectivity index (χ1n) is 26.4. The number of isothiocyanates is 1. The number of likely N-dealkylation sites (N-methyl/N-ethyl adjacent to an activating group) is 2. The quantitative estimate of drug-likeness (QED) is 0.0227. The Morgan fingerprint density at radius 3 is 1.68 bits per heavy atom. The number of pyridine rings is 2. The number of Topliss-reactive ketones (excluding diaryl/α,β-unsaturated/α-hetero) is 2. The van der Waals surface area contributed by atoms with Gasteiger partial charge in [0.1, 0.15) is 46.1 Å². The number of aryl methyl sites for hydroxylation is 1. The van der Waals surface area contributed by atoms with E-state index in [1.807, 2.05) is 66.1 Å². The van der Waals surface area contributed by atoms with Crippen LogP contribution in [0.1, 0.15) is 103 Å². The van der Waals surface area contributed by atoms with E-state index in [4.69, 9.17) is 15.2 Å². The number of benzene rings is 4. The van der Waals surface area contributed by atoms with Crippen molar-refractivity contribution in [2.45, 2.75) is 92.9 Å². The third-order valence-electron chi connectivity index (χ3n) is 12.5. The van der Waals surface area contributed by atoms with Crippen molar-refractivity contribution in [2.75, 3.05) is 62.7 Å². The molecule has 0 unspecified atom stereocenters. The SMILES string of the molecule is CC(C)c1cc(N=C=S)c(F)cc1F.CCCN(CC)CC(=O)Cc1cc(Oc2ccc(NC)c(N)c2)ccn1.CCCN(CC)CC(=O)Cc1cc(Oc2ccc3c(c2)nc(Nc2cc(C(C)C)c(F)cc2F)n3C)ccn1. The van der Waals surface area contributed by atoms with Gasteiger partial charge in [-0.3, -0.25) is 29.4 Å². The number of imidazole rings is 1. The third kappa shape index (κ3) is 18.5. The molecule has 79 heavy (non-hydrogen) atoms. The Labute approximate surface area is 466 Å². The van der Waals surface area contributed by atoms with Gasteiger partial charge in [-0.25, -0.2) is 22.5 Å². The zero-order valence-corrected chi connectivity index (χ0v) is 47.5. The van der Waals surface area contributed by atoms with Crippen LogP contribution in [0.3, 0.4) is 0 Å². The lowest BCUT2D eigenvalue weighted by Gasteiger charge is -2.18. The Bertz CT molecular complexity index is 3220. The average Bonchev–Trinajstić information content (AvgIpc) is 3.85. The molecule has 4 N–H and O–H groups in total. The molecule has 0 saturated heterocycles. The normalized spacial score (nSPS) is 11.0. The molecule has 14 nitrogen and oxygen atoms in total. The van der Waals surface area contributed by atoms with Crippen LogP contribution in [0, 0.1) is 23.3 Å². The molecule has 0 atom stereocenters. The molecule has 0 spiro atoms. The van der Waals surface area contributed by atoms with Crippen LogP contribution in [0.2, 0.25) is 0 Å². The lowest BCUT2D eigenvalue weighted by molar-refractivity contribution is -0.120. The lowest BCUT2D eigenvalue weighted by Crippen LogP contribution is -2.31. The molecule has 3 heterocycles. The number of aromatic nitrogens is 4. The van der Waals surface area contributed by atoms with Gasteiger partial charge in [-0.15, -0.1) is 0 Å². The zero-order chi connectivity index (χ0) is 57.8. The molecule has 4 aromatic carbocycles. The number of ether oxygens (including phenoxy) is 2. The smallest absolute Gasteiger partial charge is 0.208 e. The first-order chi connectivity index (χ1) is 37.8. The van der Waals surface area contributed by atoms with Gasteiger partial charge in [0.25, 0.3) is 0 Å². The van der Waals surface area contributed by atoms with E-state index in [-0.39, 0.29) is 41.2 Å². The first kappa shape index (κ1) is 62.3. The third-order valence-corrected chi connectivity index (χ3v) is 12.6. The molecule has 0 amide bonds. The Kier molecular flexibility index (Phi) is 24.1. The number of rotatable bonds is 24. The van der Waals surface area contributed by atoms with E-state index in [0.717, 1.165) is 62.4 Å². The van der Waals surface area contributed by atoms with Crippen LogP contribution in [0.15, 0.2) is 102 Å². The second-order valence-corrected chi connectivity index (χ2v) is 19.5. The zero-order valence-electron chi connectivity index (χ0n) is 46.7. The number of nitrogen functional groups attached to an aromatic ring is 1. The maximum Gasteiger partial charge on any atom is 0.208 e. The van der Waals surface area contributed by atoms with E-state index in [1.54, 1.807) is 53.4 Å². The largest absolute Gasteiger partial charge is 0.457 e. The van der Waals surface area contributed by atoms with Gasteiger partial charge in [0, 0.05) is 62.9 Å². The molecule has 19 heteroatoms. The number of nitrogens with one attached hydrogen (secondary N) is 2. The average molecular weight is 1110 g/mol. The van der Waals surface area contributed by atoms with E-state index in [1.165, 1.54) is 12.1 Å². The van der Waals surface area contributed by atoms with Crippen molar-refractivity contribution in [1.82, 2.24) is 29.3 Å². The van der Waals surface area contributed by atoms with Gasteiger partial charge < -0.3 is 30.4 Å². The number of ketones is 2. The summed E-state index contributed by atoms with van der Waals surface area (Å²) in [6.07, 6.45) is 5.88. The summed E-state index contributed by atoms with van der Waals surface area (Å²) >= 11 is 4.36. The van der Waals surface area contributed by atoms with Crippen LogP contribution < -0.4 is 25.8 Å². The molecule has 0 aliphatic carbocycles. The minimum atomic E-state index is -0.718. The summed E-state index contributed by atoms with van der Waals surface area (Å²) in [5.74, 6) is 0.459. The van der Waals surface area contributed by atoms with Crippen LogP contribution in [0.25, 0.3) is 11.0 Å². The summed E-state index contributed by atoms with van der Waals surface area (Å²) in [6, 6.07) is 22.6. The van der Waals surface area contributed by atoms with Crippen molar-refractivity contribution >= 4 is 68.7 Å². The number of hydrogen-bond donors (Lipinski definition) is 3. The monoisotopic (exact) mass is 1100 g/mol. The molecular weight excluding hydrogens is 1030 g/mol. The van der Waals surface area contributed by atoms with Crippen LogP contribution in [-0.4, -0.2) is 92.4 Å². The van der Waals surface area contributed by atoms with Gasteiger partial charge in [0.05, 0.1) is 70.6 Å². The maximum absolute atomic E-state index is 14.5. The minimum absolute atomic E-state index is 0.0188. The number of nitrogens with zero attached hydrogens (tertiary/aromatic N) is 7. The lowest BCUT2D eigenvalue weighted by atomic mass is 10.0. The predicted molar refractivity (Wildman–Crippen MR) is 311 cm³/mol. The standard InChI is InChI=1S/C30H35F2N5O2.C20H28N4O2.C10H9F2NS/c1-6-12-37(7-2)18-21(38)13-20-14-23(10-11-33-20)39-22-8-9-29-28(15-22)35-30(36(29)5)34-27-16-24(19(3)4)25(31)17-26(27)32;1-4-10-24(5-2)14-16(25)11-15-12-18(8-9-23-15)26-17-6-7-20(22-3)19(21)13-17;1-6(2)7-3-10(13-5-14)9(12)4-8(7)11/h8-11,14-17,19H,6-7,12-13,18H2,1-5H3,(H,34,35);6-9,12-13,22H,4-5,10-11,14,21H2,1-3H3;3-4,6H,1-2H3. The maximum atomic E-state index is 14.5. The number of hydrogen-bond acceptors (Lipinski definition) is 14. The van der Waals surface area contributed by atoms with Crippen LogP contribution in [-0.2, 0) is 29.5 Å². The fourth-order valence-corrected chi connectivity index (χ4v) is 8.49. The van der Waals surface area contributed by atoms with E-state index >= 15 is 0 Å². The van der Waals surface area contributed by atoms with Crippen LogP contribution in [0.5, 0.6) is 23.0 Å². The predicted octanol–water partition coefficient (Wildman–Crippen LogP) is 13.9. The Morgan fingerprint density at radius 1 is 0.684 bits per heavy atom. The van der Waals surface area contributed by atoms with Gasteiger partial charge in [-0.2, -0.15) is 4.99 Å². The summed E-state index contributed by atoms with van der Waals surface area (Å²) in [7, 11) is 3.63. The molecule has 3 aromatic heterocycles. The summed E-state index contributed by atoms with van der Waals surface area (Å²) < 4.78 is 68.6. The summed E-state index contributed by atoms with van der Waals surface area (Å²) in [5, 5.41) is 8.07. The molecule has 0 fully saturated rings. The van der Waals surface area contributed by atoms with Gasteiger partial charge in [0.15, 0.2) is 17.4 Å². The van der Waals surface area contributed by atoms with E-state index in [0.29, 0.717) is 82.2 Å². The summed E-state index contributed by atoms with van der Waals surface area (Å²) in [5.41, 5.74) is 11.3. The molecule has 420 valence electrons. The van der Waals surface area contributed by atoms with Gasteiger partial charge in [0.2, 0.25) is 5.95 Å². The second-order valence-electron chi connectivity index (χ2n) is 19.3. The van der Waals surface area contributed by atoms with Gasteiger partial charge in [-0.05, 0) is 123 Å². The molecule has 0 aliphatic heterocycles. The van der Waals surface area contributed by atoms with Crippen molar-refractivity contribution in [2.24, 2.45) is 12.0 Å². The number of fused-ring (bicyclic) bond motifs is 1. The number of thiocarbonyl (C=S) groups is 1. The number of nitrogens with two attached hydrogens (primary N) is 1. The second kappa shape index (κ2) is 30.5. The number of aliphatic imine (C=N–C) groups is 1. The van der Waals surface area contributed by atoms with E-state index in [9.17, 15) is 27.2 Å². The van der Waals surface area contributed by atoms with Crippen LogP contribution >= 0.6 is 12.2 Å². The van der Waals surface area contributed by atoms with E-state index < -0.39 is 23.3 Å². The van der Waals surface area contributed by atoms with Crippen molar-refractivity contribution in [3.05, 3.63) is 143 Å². The van der Waals surface area contributed by atoms with Gasteiger partial charge >= 0.3 is 0 Å². The molecule has 7 rings (SSSR count). The molecule has 0 radical (unpaired) electrons. The fourth-order valence-electron chi connectivity index (χ4n) is 8.39. The highest BCUT2D eigenvalue weighted by Crippen LogP contribution is 2.32. The molecular formula is C60H72F4N10O4S. The number of anilines is 4. The van der Waals surface area contributed by atoms with Crippen molar-refractivity contribution < 1.29 is 36.6 Å².